The fraction of sp³-hybridized carbons (Fsp3) is 0.333. The van der Waals surface area contributed by atoms with E-state index in [4.69, 9.17) is 23.2 Å². The molecule has 112 valence electrons. The van der Waals surface area contributed by atoms with Crippen LogP contribution in [0, 0.1) is 5.92 Å². The SMILES string of the molecule is CNC(c1cccc(CC(C)C)c1)c1ccc(Cl)c(Cl)c1. The summed E-state index contributed by atoms with van der Waals surface area (Å²) >= 11 is 12.1. The van der Waals surface area contributed by atoms with E-state index in [0.29, 0.717) is 16.0 Å². The van der Waals surface area contributed by atoms with Crippen LogP contribution >= 0.6 is 23.2 Å². The van der Waals surface area contributed by atoms with Gasteiger partial charge >= 0.3 is 0 Å². The van der Waals surface area contributed by atoms with Gasteiger partial charge in [-0.1, -0.05) is 67.4 Å². The van der Waals surface area contributed by atoms with Crippen molar-refractivity contribution < 1.29 is 0 Å². The van der Waals surface area contributed by atoms with Gasteiger partial charge in [0.05, 0.1) is 16.1 Å². The van der Waals surface area contributed by atoms with Crippen LogP contribution in [-0.4, -0.2) is 7.05 Å². The fourth-order valence-corrected chi connectivity index (χ4v) is 2.90. The topological polar surface area (TPSA) is 12.0 Å². The predicted molar refractivity (Wildman–Crippen MR) is 92.3 cm³/mol. The van der Waals surface area contributed by atoms with Crippen molar-refractivity contribution in [3.63, 3.8) is 0 Å². The molecule has 0 radical (unpaired) electrons. The van der Waals surface area contributed by atoms with Gasteiger partial charge in [-0.3, -0.25) is 0 Å². The minimum absolute atomic E-state index is 0.117. The molecule has 0 heterocycles. The molecule has 1 atom stereocenters. The third kappa shape index (κ3) is 4.23. The molecule has 0 aromatic heterocycles. The minimum Gasteiger partial charge on any atom is -0.309 e. The average Bonchev–Trinajstić information content (AvgIpc) is 2.43. The van der Waals surface area contributed by atoms with E-state index in [1.54, 1.807) is 0 Å². The zero-order valence-electron chi connectivity index (χ0n) is 12.7. The number of benzene rings is 2. The Labute approximate surface area is 137 Å². The fourth-order valence-electron chi connectivity index (χ4n) is 2.59. The molecule has 0 aliphatic heterocycles. The van der Waals surface area contributed by atoms with Crippen LogP contribution < -0.4 is 5.32 Å². The maximum absolute atomic E-state index is 6.14. The molecular formula is C18H21Cl2N. The molecule has 0 aliphatic rings. The Morgan fingerprint density at radius 3 is 2.29 bits per heavy atom. The van der Waals surface area contributed by atoms with Crippen LogP contribution in [0.15, 0.2) is 42.5 Å². The maximum Gasteiger partial charge on any atom is 0.0595 e. The summed E-state index contributed by atoms with van der Waals surface area (Å²) in [5.41, 5.74) is 3.73. The lowest BCUT2D eigenvalue weighted by Crippen LogP contribution is -2.17. The van der Waals surface area contributed by atoms with Gasteiger partial charge in [0.25, 0.3) is 0 Å². The van der Waals surface area contributed by atoms with Gasteiger partial charge in [0.1, 0.15) is 0 Å². The second-order valence-corrected chi connectivity index (χ2v) is 6.55. The van der Waals surface area contributed by atoms with Gasteiger partial charge in [-0.15, -0.1) is 0 Å². The third-order valence-corrected chi connectivity index (χ3v) is 4.23. The van der Waals surface area contributed by atoms with Crippen molar-refractivity contribution in [1.82, 2.24) is 5.32 Å². The van der Waals surface area contributed by atoms with E-state index < -0.39 is 0 Å². The second-order valence-electron chi connectivity index (χ2n) is 5.74. The molecule has 3 heteroatoms. The molecule has 0 saturated heterocycles. The highest BCUT2D eigenvalue weighted by atomic mass is 35.5. The van der Waals surface area contributed by atoms with E-state index in [-0.39, 0.29) is 6.04 Å². The molecule has 0 spiro atoms. The molecule has 21 heavy (non-hydrogen) atoms. The van der Waals surface area contributed by atoms with Crippen molar-refractivity contribution in [2.24, 2.45) is 5.92 Å². The average molecular weight is 322 g/mol. The zero-order chi connectivity index (χ0) is 15.4. The molecule has 1 N–H and O–H groups in total. The molecule has 1 nitrogen and oxygen atoms in total. The number of halogens is 2. The van der Waals surface area contributed by atoms with Crippen molar-refractivity contribution >= 4 is 23.2 Å². The summed E-state index contributed by atoms with van der Waals surface area (Å²) in [5, 5.41) is 4.54. The standard InChI is InChI=1S/C18H21Cl2N/c1-12(2)9-13-5-4-6-14(10-13)18(21-3)15-7-8-16(19)17(20)11-15/h4-8,10-12,18,21H,9H2,1-3H3. The van der Waals surface area contributed by atoms with Crippen LogP contribution in [0.5, 0.6) is 0 Å². The Morgan fingerprint density at radius 1 is 0.952 bits per heavy atom. The quantitative estimate of drug-likeness (QED) is 0.766. The van der Waals surface area contributed by atoms with Crippen molar-refractivity contribution in [2.45, 2.75) is 26.3 Å². The first-order valence-electron chi connectivity index (χ1n) is 7.22. The Balaban J connectivity index is 2.34. The van der Waals surface area contributed by atoms with Crippen molar-refractivity contribution in [2.75, 3.05) is 7.05 Å². The van der Waals surface area contributed by atoms with Gasteiger partial charge in [-0.2, -0.15) is 0 Å². The van der Waals surface area contributed by atoms with Crippen LogP contribution in [0.4, 0.5) is 0 Å². The first-order chi connectivity index (χ1) is 10.0. The van der Waals surface area contributed by atoms with E-state index in [1.807, 2.05) is 25.2 Å². The van der Waals surface area contributed by atoms with Crippen LogP contribution in [0.25, 0.3) is 0 Å². The Hall–Kier alpha value is -1.02. The van der Waals surface area contributed by atoms with Gasteiger partial charge in [0, 0.05) is 0 Å². The zero-order valence-corrected chi connectivity index (χ0v) is 14.2. The molecule has 2 rings (SSSR count). The lowest BCUT2D eigenvalue weighted by atomic mass is 9.95. The largest absolute Gasteiger partial charge is 0.309 e. The summed E-state index contributed by atoms with van der Waals surface area (Å²) < 4.78 is 0. The van der Waals surface area contributed by atoms with Gasteiger partial charge in [-0.05, 0) is 48.2 Å². The Kier molecular flexibility index (Phi) is 5.69. The number of rotatable bonds is 5. The summed E-state index contributed by atoms with van der Waals surface area (Å²) in [6.45, 7) is 4.47. The number of nitrogens with one attached hydrogen (secondary N) is 1. The van der Waals surface area contributed by atoms with Crippen LogP contribution in [-0.2, 0) is 6.42 Å². The Bertz CT molecular complexity index is 608. The van der Waals surface area contributed by atoms with E-state index >= 15 is 0 Å². The van der Waals surface area contributed by atoms with Crippen molar-refractivity contribution in [3.8, 4) is 0 Å². The van der Waals surface area contributed by atoms with E-state index in [0.717, 1.165) is 12.0 Å². The first kappa shape index (κ1) is 16.4. The predicted octanol–water partition coefficient (Wildman–Crippen LogP) is 5.50. The molecular weight excluding hydrogens is 301 g/mol. The van der Waals surface area contributed by atoms with Crippen molar-refractivity contribution in [3.05, 3.63) is 69.2 Å². The molecule has 0 saturated carbocycles. The smallest absolute Gasteiger partial charge is 0.0595 e. The summed E-state index contributed by atoms with van der Waals surface area (Å²) in [5.74, 6) is 0.651. The summed E-state index contributed by atoms with van der Waals surface area (Å²) in [6, 6.07) is 14.6. The van der Waals surface area contributed by atoms with Gasteiger partial charge in [-0.25, -0.2) is 0 Å². The van der Waals surface area contributed by atoms with Crippen LogP contribution in [0.3, 0.4) is 0 Å². The molecule has 0 aliphatic carbocycles. The molecule has 0 amide bonds. The maximum atomic E-state index is 6.14. The monoisotopic (exact) mass is 321 g/mol. The lowest BCUT2D eigenvalue weighted by Gasteiger charge is -2.19. The highest BCUT2D eigenvalue weighted by Gasteiger charge is 2.14. The molecule has 0 fully saturated rings. The van der Waals surface area contributed by atoms with Crippen LogP contribution in [0.2, 0.25) is 10.0 Å². The molecule has 2 aromatic rings. The third-order valence-electron chi connectivity index (χ3n) is 3.49. The molecule has 2 aromatic carbocycles. The van der Waals surface area contributed by atoms with Gasteiger partial charge in [0.15, 0.2) is 0 Å². The number of hydrogen-bond acceptors (Lipinski definition) is 1. The minimum atomic E-state index is 0.117. The highest BCUT2D eigenvalue weighted by Crippen LogP contribution is 2.29. The van der Waals surface area contributed by atoms with E-state index in [9.17, 15) is 0 Å². The summed E-state index contributed by atoms with van der Waals surface area (Å²) in [6.07, 6.45) is 1.09. The summed E-state index contributed by atoms with van der Waals surface area (Å²) in [4.78, 5) is 0. The lowest BCUT2D eigenvalue weighted by molar-refractivity contribution is 0.643. The first-order valence-corrected chi connectivity index (χ1v) is 7.98. The highest BCUT2D eigenvalue weighted by molar-refractivity contribution is 6.42. The molecule has 1 unspecified atom stereocenters. The van der Waals surface area contributed by atoms with Crippen LogP contribution in [0.1, 0.15) is 36.6 Å². The molecule has 0 bridgehead atoms. The summed E-state index contributed by atoms with van der Waals surface area (Å²) in [7, 11) is 1.96. The second kappa shape index (κ2) is 7.31. The Morgan fingerprint density at radius 2 is 1.67 bits per heavy atom. The van der Waals surface area contributed by atoms with E-state index in [2.05, 4.69) is 43.4 Å². The normalized spacial score (nSPS) is 12.7. The van der Waals surface area contributed by atoms with E-state index in [1.165, 1.54) is 11.1 Å². The van der Waals surface area contributed by atoms with Gasteiger partial charge in [0.2, 0.25) is 0 Å². The van der Waals surface area contributed by atoms with Crippen molar-refractivity contribution in [1.29, 1.82) is 0 Å². The van der Waals surface area contributed by atoms with Gasteiger partial charge < -0.3 is 5.32 Å². The number of hydrogen-bond donors (Lipinski definition) is 1.